The third-order valence-corrected chi connectivity index (χ3v) is 6.37. The number of aromatic nitrogens is 3. The molecule has 26 heavy (non-hydrogen) atoms. The number of sulfonamides is 1. The Morgan fingerprint density at radius 1 is 1.23 bits per heavy atom. The molecule has 0 atom stereocenters. The second-order valence-corrected chi connectivity index (χ2v) is 8.13. The number of nitrogens with zero attached hydrogens (tertiary/aromatic N) is 4. The Morgan fingerprint density at radius 2 is 1.96 bits per heavy atom. The van der Waals surface area contributed by atoms with Gasteiger partial charge >= 0.3 is 0 Å². The number of halogens is 2. The zero-order valence-corrected chi connectivity index (χ0v) is 14.9. The Bertz CT molecular complexity index is 864. The highest BCUT2D eigenvalue weighted by atomic mass is 32.2. The lowest BCUT2D eigenvalue weighted by Gasteiger charge is -2.31. The van der Waals surface area contributed by atoms with Crippen LogP contribution < -0.4 is 0 Å². The topological polar surface area (TPSA) is 88.3 Å². The van der Waals surface area contributed by atoms with Gasteiger partial charge in [-0.3, -0.25) is 0 Å². The van der Waals surface area contributed by atoms with Crippen molar-refractivity contribution < 1.29 is 22.3 Å². The van der Waals surface area contributed by atoms with Crippen molar-refractivity contribution in [2.24, 2.45) is 0 Å². The standard InChI is InChI=1S/C16H20F2N4O3S/c17-12-3-4-15(18)16(10-12)26(24,25)21-7-5-14(6-8-21)22-11-13(19-20-22)2-1-9-23/h3-4,10-11,14,23H,1-2,5-9H2. The minimum absolute atomic E-state index is 0.00539. The third-order valence-electron chi connectivity index (χ3n) is 4.46. The average Bonchev–Trinajstić information content (AvgIpc) is 3.11. The number of aliphatic hydroxyl groups excluding tert-OH is 1. The van der Waals surface area contributed by atoms with Crippen molar-refractivity contribution in [3.05, 3.63) is 41.7 Å². The van der Waals surface area contributed by atoms with Crippen LogP contribution in [0.4, 0.5) is 8.78 Å². The summed E-state index contributed by atoms with van der Waals surface area (Å²) >= 11 is 0. The fourth-order valence-corrected chi connectivity index (χ4v) is 4.57. The van der Waals surface area contributed by atoms with E-state index in [1.165, 1.54) is 4.31 Å². The molecule has 0 saturated carbocycles. The molecule has 0 radical (unpaired) electrons. The average molecular weight is 386 g/mol. The third kappa shape index (κ3) is 3.92. The van der Waals surface area contributed by atoms with Gasteiger partial charge in [0.05, 0.1) is 11.7 Å². The van der Waals surface area contributed by atoms with E-state index in [1.807, 2.05) is 0 Å². The summed E-state index contributed by atoms with van der Waals surface area (Å²) in [6, 6.07) is 2.41. The number of aliphatic hydroxyl groups is 1. The lowest BCUT2D eigenvalue weighted by Crippen LogP contribution is -2.39. The van der Waals surface area contributed by atoms with Gasteiger partial charge in [-0.1, -0.05) is 5.21 Å². The monoisotopic (exact) mass is 386 g/mol. The summed E-state index contributed by atoms with van der Waals surface area (Å²) in [6.45, 7) is 0.462. The number of aryl methyl sites for hydroxylation is 1. The van der Waals surface area contributed by atoms with Gasteiger partial charge in [0.2, 0.25) is 10.0 Å². The molecule has 0 bridgehead atoms. The number of rotatable bonds is 6. The Labute approximate surface area is 150 Å². The molecule has 1 aliphatic heterocycles. The second kappa shape index (κ2) is 7.77. The van der Waals surface area contributed by atoms with Gasteiger partial charge < -0.3 is 5.11 Å². The quantitative estimate of drug-likeness (QED) is 0.813. The van der Waals surface area contributed by atoms with Gasteiger partial charge in [-0.15, -0.1) is 5.10 Å². The van der Waals surface area contributed by atoms with E-state index in [2.05, 4.69) is 10.3 Å². The van der Waals surface area contributed by atoms with Crippen LogP contribution in [-0.2, 0) is 16.4 Å². The predicted molar refractivity (Wildman–Crippen MR) is 88.8 cm³/mol. The maximum absolute atomic E-state index is 13.9. The van der Waals surface area contributed by atoms with Gasteiger partial charge in [0.1, 0.15) is 16.5 Å². The van der Waals surface area contributed by atoms with E-state index in [9.17, 15) is 17.2 Å². The maximum atomic E-state index is 13.9. The van der Waals surface area contributed by atoms with E-state index < -0.39 is 26.6 Å². The summed E-state index contributed by atoms with van der Waals surface area (Å²) in [7, 11) is -4.08. The number of hydrogen-bond acceptors (Lipinski definition) is 5. The molecule has 1 fully saturated rings. The highest BCUT2D eigenvalue weighted by molar-refractivity contribution is 7.89. The molecule has 0 unspecified atom stereocenters. The summed E-state index contributed by atoms with van der Waals surface area (Å²) in [4.78, 5) is -0.636. The molecule has 7 nitrogen and oxygen atoms in total. The molecule has 1 N–H and O–H groups in total. The molecule has 1 saturated heterocycles. The van der Waals surface area contributed by atoms with Crippen molar-refractivity contribution in [2.75, 3.05) is 19.7 Å². The summed E-state index contributed by atoms with van der Waals surface area (Å²) in [6.07, 6.45) is 4.03. The van der Waals surface area contributed by atoms with Gasteiger partial charge in [0.15, 0.2) is 0 Å². The first kappa shape index (κ1) is 18.9. The molecule has 1 aromatic carbocycles. The molecular weight excluding hydrogens is 366 g/mol. The summed E-state index contributed by atoms with van der Waals surface area (Å²) in [5.74, 6) is -1.75. The van der Waals surface area contributed by atoms with E-state index in [4.69, 9.17) is 5.11 Å². The Kier molecular flexibility index (Phi) is 5.64. The van der Waals surface area contributed by atoms with Gasteiger partial charge in [-0.25, -0.2) is 21.9 Å². The highest BCUT2D eigenvalue weighted by Gasteiger charge is 2.32. The molecule has 1 aliphatic rings. The molecule has 2 heterocycles. The van der Waals surface area contributed by atoms with Crippen LogP contribution in [0.5, 0.6) is 0 Å². The van der Waals surface area contributed by atoms with Crippen LogP contribution in [0, 0.1) is 11.6 Å². The minimum atomic E-state index is -4.08. The molecule has 0 amide bonds. The molecule has 2 aromatic rings. The highest BCUT2D eigenvalue weighted by Crippen LogP contribution is 2.28. The summed E-state index contributed by atoms with van der Waals surface area (Å²) < 4.78 is 55.2. The molecule has 142 valence electrons. The summed E-state index contributed by atoms with van der Waals surface area (Å²) in [5.41, 5.74) is 0.774. The van der Waals surface area contributed by atoms with Crippen molar-refractivity contribution in [3.8, 4) is 0 Å². The Hall–Kier alpha value is -1.91. The fourth-order valence-electron chi connectivity index (χ4n) is 3.03. The van der Waals surface area contributed by atoms with Crippen LogP contribution in [0.15, 0.2) is 29.3 Å². The van der Waals surface area contributed by atoms with Crippen molar-refractivity contribution in [1.29, 1.82) is 0 Å². The van der Waals surface area contributed by atoms with Crippen LogP contribution in [0.2, 0.25) is 0 Å². The molecule has 0 spiro atoms. The Morgan fingerprint density at radius 3 is 2.65 bits per heavy atom. The van der Waals surface area contributed by atoms with Crippen LogP contribution >= 0.6 is 0 Å². The van der Waals surface area contributed by atoms with Gasteiger partial charge in [0.25, 0.3) is 0 Å². The van der Waals surface area contributed by atoms with E-state index in [1.54, 1.807) is 10.9 Å². The molecular formula is C16H20F2N4O3S. The SMILES string of the molecule is O=S(=O)(c1cc(F)ccc1F)N1CCC(n2cc(CCCO)nn2)CC1. The number of hydrogen-bond donors (Lipinski definition) is 1. The van der Waals surface area contributed by atoms with Gasteiger partial charge in [-0.2, -0.15) is 4.31 Å². The van der Waals surface area contributed by atoms with Crippen LogP contribution in [0.25, 0.3) is 0 Å². The van der Waals surface area contributed by atoms with Gasteiger partial charge in [0, 0.05) is 25.9 Å². The lowest BCUT2D eigenvalue weighted by molar-refractivity contribution is 0.258. The van der Waals surface area contributed by atoms with E-state index >= 15 is 0 Å². The van der Waals surface area contributed by atoms with Crippen molar-refractivity contribution in [3.63, 3.8) is 0 Å². The van der Waals surface area contributed by atoms with Crippen LogP contribution in [0.1, 0.15) is 31.0 Å². The first-order chi connectivity index (χ1) is 12.4. The minimum Gasteiger partial charge on any atom is -0.396 e. The van der Waals surface area contributed by atoms with E-state index in [-0.39, 0.29) is 25.7 Å². The van der Waals surface area contributed by atoms with Crippen molar-refractivity contribution in [1.82, 2.24) is 19.3 Å². The van der Waals surface area contributed by atoms with Gasteiger partial charge in [-0.05, 0) is 43.9 Å². The maximum Gasteiger partial charge on any atom is 0.246 e. The van der Waals surface area contributed by atoms with Crippen LogP contribution in [-0.4, -0.2) is 52.5 Å². The smallest absolute Gasteiger partial charge is 0.246 e. The normalized spacial score (nSPS) is 16.9. The van der Waals surface area contributed by atoms with Crippen LogP contribution in [0.3, 0.4) is 0 Å². The first-order valence-corrected chi connectivity index (χ1v) is 9.82. The molecule has 1 aromatic heterocycles. The predicted octanol–water partition coefficient (Wildman–Crippen LogP) is 1.51. The molecule has 0 aliphatic carbocycles. The van der Waals surface area contributed by atoms with Crippen molar-refractivity contribution >= 4 is 10.0 Å². The second-order valence-electron chi connectivity index (χ2n) is 6.23. The Balaban J connectivity index is 1.68. The fraction of sp³-hybridized carbons (Fsp3) is 0.500. The first-order valence-electron chi connectivity index (χ1n) is 8.38. The largest absolute Gasteiger partial charge is 0.396 e. The lowest BCUT2D eigenvalue weighted by atomic mass is 10.1. The zero-order chi connectivity index (χ0) is 18.7. The molecule has 10 heteroatoms. The summed E-state index contributed by atoms with van der Waals surface area (Å²) in [5, 5.41) is 17.0. The van der Waals surface area contributed by atoms with E-state index in [0.29, 0.717) is 31.7 Å². The zero-order valence-electron chi connectivity index (χ0n) is 14.1. The van der Waals surface area contributed by atoms with Crippen molar-refractivity contribution in [2.45, 2.75) is 36.6 Å². The molecule has 3 rings (SSSR count). The number of benzene rings is 1. The number of piperidine rings is 1. The van der Waals surface area contributed by atoms with E-state index in [0.717, 1.165) is 17.8 Å².